The summed E-state index contributed by atoms with van der Waals surface area (Å²) >= 11 is 0. The van der Waals surface area contributed by atoms with Gasteiger partial charge in [-0.2, -0.15) is 4.72 Å². The van der Waals surface area contributed by atoms with Gasteiger partial charge in [-0.1, -0.05) is 12.1 Å². The Morgan fingerprint density at radius 1 is 1.16 bits per heavy atom. The highest BCUT2D eigenvalue weighted by molar-refractivity contribution is 7.89. The van der Waals surface area contributed by atoms with Gasteiger partial charge in [0.2, 0.25) is 15.9 Å². The highest BCUT2D eigenvalue weighted by Crippen LogP contribution is 2.28. The molecule has 3 rings (SSSR count). The molecule has 2 N–H and O–H groups in total. The largest absolute Gasteiger partial charge is 0.497 e. The highest BCUT2D eigenvalue weighted by Gasteiger charge is 2.28. The number of carbonyl (C=O) groups excluding carboxylic acids is 3. The second-order valence-corrected chi connectivity index (χ2v) is 8.39. The molecule has 1 aliphatic rings. The van der Waals surface area contributed by atoms with E-state index in [1.165, 1.54) is 43.2 Å². The number of hydrogen-bond donors (Lipinski definition) is 2. The van der Waals surface area contributed by atoms with Gasteiger partial charge in [0.25, 0.3) is 5.91 Å². The van der Waals surface area contributed by atoms with Gasteiger partial charge in [0.15, 0.2) is 6.61 Å². The zero-order valence-corrected chi connectivity index (χ0v) is 17.6. The molecule has 0 bridgehead atoms. The molecule has 31 heavy (non-hydrogen) atoms. The smallest absolute Gasteiger partial charge is 0.324 e. The SMILES string of the molecule is COc1ccc(S(=O)(=O)N[C@@H](C)C(=O)OCC(=O)N2CC(=O)Nc3ccccc32)cc1. The van der Waals surface area contributed by atoms with Crippen LogP contribution in [0.3, 0.4) is 0 Å². The number of sulfonamides is 1. The summed E-state index contributed by atoms with van der Waals surface area (Å²) in [5, 5.41) is 2.65. The average molecular weight is 447 g/mol. The van der Waals surface area contributed by atoms with Crippen LogP contribution in [0.5, 0.6) is 5.75 Å². The number of ether oxygens (including phenoxy) is 2. The number of esters is 1. The molecule has 1 heterocycles. The standard InChI is InChI=1S/C20H21N3O7S/c1-13(22-31(27,28)15-9-7-14(29-2)8-10-15)20(26)30-12-19(25)23-11-18(24)21-16-5-3-4-6-17(16)23/h3-10,13,22H,11-12H2,1-2H3,(H,21,24)/t13-/m0/s1. The minimum Gasteiger partial charge on any atom is -0.497 e. The number of rotatable bonds is 7. The van der Waals surface area contributed by atoms with Crippen LogP contribution in [0.2, 0.25) is 0 Å². The molecule has 0 spiro atoms. The van der Waals surface area contributed by atoms with Crippen LogP contribution in [0.25, 0.3) is 0 Å². The van der Waals surface area contributed by atoms with E-state index in [1.807, 2.05) is 0 Å². The van der Waals surface area contributed by atoms with E-state index >= 15 is 0 Å². The Balaban J connectivity index is 1.60. The Morgan fingerprint density at radius 3 is 2.52 bits per heavy atom. The summed E-state index contributed by atoms with van der Waals surface area (Å²) in [6.07, 6.45) is 0. The molecule has 2 aromatic rings. The Labute approximate surface area is 179 Å². The van der Waals surface area contributed by atoms with E-state index < -0.39 is 34.5 Å². The van der Waals surface area contributed by atoms with Gasteiger partial charge in [0, 0.05) is 0 Å². The summed E-state index contributed by atoms with van der Waals surface area (Å²) in [6.45, 7) is 0.444. The Bertz CT molecular complexity index is 1100. The molecule has 0 saturated heterocycles. The maximum atomic E-state index is 12.5. The fourth-order valence-corrected chi connectivity index (χ4v) is 4.09. The van der Waals surface area contributed by atoms with Crippen LogP contribution in [0, 0.1) is 0 Å². The Morgan fingerprint density at radius 2 is 1.84 bits per heavy atom. The Kier molecular flexibility index (Phi) is 6.56. The molecule has 10 nitrogen and oxygen atoms in total. The highest BCUT2D eigenvalue weighted by atomic mass is 32.2. The first-order valence-corrected chi connectivity index (χ1v) is 10.7. The van der Waals surface area contributed by atoms with Crippen molar-refractivity contribution in [1.29, 1.82) is 0 Å². The predicted octanol–water partition coefficient (Wildman–Crippen LogP) is 0.891. The van der Waals surface area contributed by atoms with Gasteiger partial charge < -0.3 is 14.8 Å². The van der Waals surface area contributed by atoms with Gasteiger partial charge in [-0.3, -0.25) is 19.3 Å². The average Bonchev–Trinajstić information content (AvgIpc) is 2.76. The summed E-state index contributed by atoms with van der Waals surface area (Å²) in [4.78, 5) is 37.7. The molecule has 0 fully saturated rings. The van der Waals surface area contributed by atoms with Crippen molar-refractivity contribution in [1.82, 2.24) is 4.72 Å². The molecule has 0 aromatic heterocycles. The number of benzene rings is 2. The molecule has 164 valence electrons. The number of para-hydroxylation sites is 2. The van der Waals surface area contributed by atoms with E-state index in [-0.39, 0.29) is 17.3 Å². The van der Waals surface area contributed by atoms with Crippen LogP contribution in [-0.4, -0.2) is 52.5 Å². The summed E-state index contributed by atoms with van der Waals surface area (Å²) < 4.78 is 37.0. The van der Waals surface area contributed by atoms with Gasteiger partial charge in [-0.25, -0.2) is 8.42 Å². The third kappa shape index (κ3) is 5.19. The minimum atomic E-state index is -3.99. The van der Waals surface area contributed by atoms with Crippen molar-refractivity contribution < 1.29 is 32.3 Å². The predicted molar refractivity (Wildman–Crippen MR) is 111 cm³/mol. The lowest BCUT2D eigenvalue weighted by Crippen LogP contribution is -2.45. The van der Waals surface area contributed by atoms with E-state index in [2.05, 4.69) is 10.0 Å². The molecule has 0 saturated carbocycles. The quantitative estimate of drug-likeness (QED) is 0.603. The number of nitrogens with zero attached hydrogens (tertiary/aromatic N) is 1. The molecule has 1 atom stereocenters. The van der Waals surface area contributed by atoms with Gasteiger partial charge in [0.05, 0.1) is 23.4 Å². The number of anilines is 2. The van der Waals surface area contributed by atoms with Crippen LogP contribution < -0.4 is 19.7 Å². The number of carbonyl (C=O) groups is 3. The molecule has 2 aromatic carbocycles. The van der Waals surface area contributed by atoms with Crippen LogP contribution in [-0.2, 0) is 29.1 Å². The van der Waals surface area contributed by atoms with Crippen molar-refractivity contribution >= 4 is 39.2 Å². The van der Waals surface area contributed by atoms with Gasteiger partial charge >= 0.3 is 5.97 Å². The van der Waals surface area contributed by atoms with E-state index in [0.29, 0.717) is 17.1 Å². The Hall–Kier alpha value is -3.44. The first-order valence-electron chi connectivity index (χ1n) is 9.23. The van der Waals surface area contributed by atoms with E-state index in [4.69, 9.17) is 9.47 Å². The summed E-state index contributed by atoms with van der Waals surface area (Å²) in [5.41, 5.74) is 0.954. The maximum absolute atomic E-state index is 12.5. The second kappa shape index (κ2) is 9.14. The molecule has 2 amide bonds. The van der Waals surface area contributed by atoms with E-state index in [9.17, 15) is 22.8 Å². The lowest BCUT2D eigenvalue weighted by molar-refractivity contribution is -0.149. The van der Waals surface area contributed by atoms with E-state index in [0.717, 1.165) is 0 Å². The van der Waals surface area contributed by atoms with Crippen molar-refractivity contribution in [3.8, 4) is 5.75 Å². The van der Waals surface area contributed by atoms with Gasteiger partial charge in [-0.15, -0.1) is 0 Å². The zero-order chi connectivity index (χ0) is 22.6. The number of amides is 2. The normalized spacial score (nSPS) is 14.3. The zero-order valence-electron chi connectivity index (χ0n) is 16.8. The molecule has 0 radical (unpaired) electrons. The maximum Gasteiger partial charge on any atom is 0.324 e. The first-order chi connectivity index (χ1) is 14.7. The summed E-state index contributed by atoms with van der Waals surface area (Å²) in [6, 6.07) is 11.1. The number of methoxy groups -OCH3 is 1. The van der Waals surface area contributed by atoms with E-state index in [1.54, 1.807) is 24.3 Å². The van der Waals surface area contributed by atoms with Crippen LogP contribution >= 0.6 is 0 Å². The minimum absolute atomic E-state index is 0.0556. The number of nitrogens with one attached hydrogen (secondary N) is 2. The second-order valence-electron chi connectivity index (χ2n) is 6.67. The lowest BCUT2D eigenvalue weighted by Gasteiger charge is -2.29. The summed E-state index contributed by atoms with van der Waals surface area (Å²) in [5.74, 6) is -1.43. The van der Waals surface area contributed by atoms with Crippen molar-refractivity contribution in [2.45, 2.75) is 17.9 Å². The van der Waals surface area contributed by atoms with Crippen LogP contribution in [0.15, 0.2) is 53.4 Å². The number of hydrogen-bond acceptors (Lipinski definition) is 7. The molecule has 11 heteroatoms. The summed E-state index contributed by atoms with van der Waals surface area (Å²) in [7, 11) is -2.54. The van der Waals surface area contributed by atoms with Crippen molar-refractivity contribution in [3.63, 3.8) is 0 Å². The lowest BCUT2D eigenvalue weighted by atomic mass is 10.2. The number of fused-ring (bicyclic) bond motifs is 1. The van der Waals surface area contributed by atoms with Crippen LogP contribution in [0.4, 0.5) is 11.4 Å². The fraction of sp³-hybridized carbons (Fsp3) is 0.250. The third-order valence-electron chi connectivity index (χ3n) is 4.46. The molecular weight excluding hydrogens is 426 g/mol. The molecular formula is C20H21N3O7S. The van der Waals surface area contributed by atoms with Crippen molar-refractivity contribution in [2.75, 3.05) is 30.5 Å². The van der Waals surface area contributed by atoms with Crippen molar-refractivity contribution in [2.24, 2.45) is 0 Å². The third-order valence-corrected chi connectivity index (χ3v) is 6.02. The van der Waals surface area contributed by atoms with Gasteiger partial charge in [0.1, 0.15) is 18.3 Å². The fourth-order valence-electron chi connectivity index (χ4n) is 2.90. The molecule has 1 aliphatic heterocycles. The molecule has 0 unspecified atom stereocenters. The van der Waals surface area contributed by atoms with Crippen molar-refractivity contribution in [3.05, 3.63) is 48.5 Å². The first kappa shape index (κ1) is 22.2. The van der Waals surface area contributed by atoms with Gasteiger partial charge in [-0.05, 0) is 43.3 Å². The van der Waals surface area contributed by atoms with Crippen LogP contribution in [0.1, 0.15) is 6.92 Å². The molecule has 0 aliphatic carbocycles. The monoisotopic (exact) mass is 447 g/mol. The topological polar surface area (TPSA) is 131 Å².